The summed E-state index contributed by atoms with van der Waals surface area (Å²) in [5, 5.41) is 0. The lowest BCUT2D eigenvalue weighted by molar-refractivity contribution is 1.31. The van der Waals surface area contributed by atoms with Crippen molar-refractivity contribution in [1.82, 2.24) is 0 Å². The fraction of sp³-hybridized carbons (Fsp3) is 0. The summed E-state index contributed by atoms with van der Waals surface area (Å²) in [4.78, 5) is 2.62. The highest BCUT2D eigenvalue weighted by Crippen LogP contribution is 2.46. The van der Waals surface area contributed by atoms with Crippen molar-refractivity contribution in [2.45, 2.75) is 0 Å². The average molecular weight is 565 g/mol. The Morgan fingerprint density at radius 1 is 0.356 bits per heavy atom. The quantitative estimate of drug-likeness (QED) is 0.229. The maximum absolute atomic E-state index is 2.62. The Bertz CT molecular complexity index is 2400. The van der Waals surface area contributed by atoms with E-state index in [0.29, 0.717) is 0 Å². The van der Waals surface area contributed by atoms with Crippen LogP contribution >= 0.6 is 0 Å². The van der Waals surface area contributed by atoms with E-state index in [0.717, 1.165) is 0 Å². The lowest BCUT2D eigenvalue weighted by Crippen LogP contribution is -2.63. The zero-order valence-corrected chi connectivity index (χ0v) is 24.5. The molecular weight excluding hydrogens is 540 g/mol. The molecule has 0 spiro atoms. The second-order valence-corrected chi connectivity index (χ2v) is 12.8. The van der Waals surface area contributed by atoms with Crippen molar-refractivity contribution >= 4 is 63.3 Å². The minimum absolute atomic E-state index is 0.171. The van der Waals surface area contributed by atoms with Gasteiger partial charge in [0.1, 0.15) is 0 Å². The molecule has 0 amide bonds. The number of anilines is 3. The van der Waals surface area contributed by atoms with Gasteiger partial charge in [-0.1, -0.05) is 150 Å². The van der Waals surface area contributed by atoms with Crippen LogP contribution in [0.4, 0.5) is 17.1 Å². The van der Waals surface area contributed by atoms with Crippen LogP contribution in [0.3, 0.4) is 0 Å². The smallest absolute Gasteiger partial charge is 0.248 e. The van der Waals surface area contributed by atoms with Gasteiger partial charge in [-0.25, -0.2) is 0 Å². The number of benzene rings is 7. The van der Waals surface area contributed by atoms with Gasteiger partial charge in [-0.15, -0.1) is 0 Å². The molecule has 0 radical (unpaired) electrons. The van der Waals surface area contributed by atoms with Gasteiger partial charge in [0, 0.05) is 17.1 Å². The fourth-order valence-electron chi connectivity index (χ4n) is 9.00. The third kappa shape index (κ3) is 2.96. The van der Waals surface area contributed by atoms with Crippen molar-refractivity contribution in [3.05, 3.63) is 152 Å². The maximum Gasteiger partial charge on any atom is 0.248 e. The highest BCUT2D eigenvalue weighted by molar-refractivity contribution is 7.05. The van der Waals surface area contributed by atoms with Crippen LogP contribution in [0.25, 0.3) is 44.5 Å². The first-order chi connectivity index (χ1) is 22.4. The van der Waals surface area contributed by atoms with E-state index in [9.17, 15) is 0 Å². The van der Waals surface area contributed by atoms with Crippen LogP contribution < -0.4 is 37.7 Å². The van der Waals surface area contributed by atoms with E-state index >= 15 is 0 Å². The maximum atomic E-state index is 2.62. The summed E-state index contributed by atoms with van der Waals surface area (Å²) in [6.07, 6.45) is 0. The van der Waals surface area contributed by atoms with Gasteiger partial charge in [0.25, 0.3) is 0 Å². The summed E-state index contributed by atoms with van der Waals surface area (Å²) < 4.78 is 0. The number of rotatable bonds is 2. The Labute approximate surface area is 263 Å². The molecular formula is C42H25B2N. The lowest BCUT2D eigenvalue weighted by Gasteiger charge is -2.43. The molecule has 0 N–H and O–H groups in total. The van der Waals surface area contributed by atoms with Gasteiger partial charge < -0.3 is 4.90 Å². The molecule has 0 atom stereocenters. The minimum Gasteiger partial charge on any atom is -0.312 e. The summed E-state index contributed by atoms with van der Waals surface area (Å²) in [7, 11) is 0. The highest BCUT2D eigenvalue weighted by Gasteiger charge is 2.50. The predicted octanol–water partition coefficient (Wildman–Crippen LogP) is 6.11. The number of nitrogens with zero attached hydrogens (tertiary/aromatic N) is 1. The molecule has 1 nitrogen and oxygen atoms in total. The summed E-state index contributed by atoms with van der Waals surface area (Å²) in [6.45, 7) is 0.382. The van der Waals surface area contributed by atoms with Gasteiger partial charge in [-0.3, -0.25) is 0 Å². The molecule has 0 aliphatic carbocycles. The Balaban J connectivity index is 1.30. The van der Waals surface area contributed by atoms with Gasteiger partial charge in [0.15, 0.2) is 0 Å². The normalized spacial score (nSPS) is 13.6. The molecule has 3 heteroatoms. The molecule has 4 heterocycles. The first kappa shape index (κ1) is 23.9. The van der Waals surface area contributed by atoms with Crippen molar-refractivity contribution in [1.29, 1.82) is 0 Å². The molecule has 0 bridgehead atoms. The van der Waals surface area contributed by atoms with E-state index < -0.39 is 0 Å². The Hall–Kier alpha value is -5.53. The SMILES string of the molecule is c1ccc(-c2cc3c4c(c2)B2c5ccccc5-c5c(-c6ccccc6)ccc(c52)N4c2cccc4c2B3c2ccccc2-4)cc1. The zero-order chi connectivity index (χ0) is 29.2. The Morgan fingerprint density at radius 3 is 1.69 bits per heavy atom. The van der Waals surface area contributed by atoms with E-state index in [1.807, 2.05) is 0 Å². The van der Waals surface area contributed by atoms with Crippen LogP contribution in [0.1, 0.15) is 0 Å². The van der Waals surface area contributed by atoms with Crippen molar-refractivity contribution in [3.63, 3.8) is 0 Å². The molecule has 0 unspecified atom stereocenters. The zero-order valence-electron chi connectivity index (χ0n) is 24.5. The molecule has 0 aromatic heterocycles. The van der Waals surface area contributed by atoms with Gasteiger partial charge in [0.05, 0.1) is 0 Å². The first-order valence-corrected chi connectivity index (χ1v) is 15.9. The third-order valence-corrected chi connectivity index (χ3v) is 10.7. The minimum atomic E-state index is 0.171. The van der Waals surface area contributed by atoms with Gasteiger partial charge in [-0.05, 0) is 78.5 Å². The summed E-state index contributed by atoms with van der Waals surface area (Å²) >= 11 is 0. The second-order valence-electron chi connectivity index (χ2n) is 12.8. The molecule has 7 aromatic rings. The second kappa shape index (κ2) is 8.55. The fourth-order valence-corrected chi connectivity index (χ4v) is 9.00. The molecule has 0 saturated carbocycles. The highest BCUT2D eigenvalue weighted by atomic mass is 15.2. The van der Waals surface area contributed by atoms with Crippen LogP contribution in [0.2, 0.25) is 0 Å². The summed E-state index contributed by atoms with van der Waals surface area (Å²) in [6, 6.07) is 56.8. The van der Waals surface area contributed by atoms with Gasteiger partial charge in [-0.2, -0.15) is 0 Å². The van der Waals surface area contributed by atoms with Crippen molar-refractivity contribution < 1.29 is 0 Å². The lowest BCUT2D eigenvalue weighted by atomic mass is 9.32. The molecule has 4 aliphatic heterocycles. The largest absolute Gasteiger partial charge is 0.312 e. The third-order valence-electron chi connectivity index (χ3n) is 10.7. The van der Waals surface area contributed by atoms with Crippen LogP contribution in [-0.2, 0) is 0 Å². The standard InChI is InChI=1S/C42H25B2N/c1-3-12-26(13-4-1)28-24-35-42-36(25-28)44-34-20-10-8-17-32(34)39-29(27-14-5-2-6-15-27)22-23-38(41(39)44)45(42)37-21-11-18-31-30-16-7-9-19-33(30)43(35)40(31)37/h1-25H. The van der Waals surface area contributed by atoms with Crippen LogP contribution in [0, 0.1) is 0 Å². The molecule has 11 rings (SSSR count). The molecule has 4 aliphatic rings. The van der Waals surface area contributed by atoms with Crippen LogP contribution in [-0.4, -0.2) is 13.4 Å². The molecule has 0 fully saturated rings. The van der Waals surface area contributed by atoms with Crippen molar-refractivity contribution in [3.8, 4) is 44.5 Å². The van der Waals surface area contributed by atoms with E-state index in [4.69, 9.17) is 0 Å². The van der Waals surface area contributed by atoms with Crippen molar-refractivity contribution in [2.24, 2.45) is 0 Å². The van der Waals surface area contributed by atoms with Crippen LogP contribution in [0.5, 0.6) is 0 Å². The molecule has 7 aromatic carbocycles. The molecule has 204 valence electrons. The summed E-state index contributed by atoms with van der Waals surface area (Å²) in [5.41, 5.74) is 23.2. The topological polar surface area (TPSA) is 3.24 Å². The first-order valence-electron chi connectivity index (χ1n) is 15.9. The Kier molecular flexibility index (Phi) is 4.54. The van der Waals surface area contributed by atoms with E-state index in [1.165, 1.54) is 94.3 Å². The van der Waals surface area contributed by atoms with E-state index in [-0.39, 0.29) is 13.4 Å². The number of hydrogen-bond donors (Lipinski definition) is 0. The van der Waals surface area contributed by atoms with Gasteiger partial charge >= 0.3 is 0 Å². The molecule has 45 heavy (non-hydrogen) atoms. The van der Waals surface area contributed by atoms with E-state index in [2.05, 4.69) is 157 Å². The molecule has 0 saturated heterocycles. The number of fused-ring (bicyclic) bond motifs is 10. The van der Waals surface area contributed by atoms with E-state index in [1.54, 1.807) is 0 Å². The van der Waals surface area contributed by atoms with Gasteiger partial charge in [0.2, 0.25) is 13.4 Å². The monoisotopic (exact) mass is 565 g/mol. The summed E-state index contributed by atoms with van der Waals surface area (Å²) in [5.74, 6) is 0. The van der Waals surface area contributed by atoms with Crippen molar-refractivity contribution in [2.75, 3.05) is 4.90 Å². The number of hydrogen-bond acceptors (Lipinski definition) is 1. The van der Waals surface area contributed by atoms with Crippen LogP contribution in [0.15, 0.2) is 152 Å². The average Bonchev–Trinajstić information content (AvgIpc) is 3.64. The Morgan fingerprint density at radius 2 is 0.933 bits per heavy atom. The predicted molar refractivity (Wildman–Crippen MR) is 192 cm³/mol.